The molecule has 0 fully saturated rings. The van der Waals surface area contributed by atoms with Crippen LogP contribution >= 0.6 is 11.8 Å². The van der Waals surface area contributed by atoms with Crippen LogP contribution in [0.3, 0.4) is 0 Å². The third kappa shape index (κ3) is 6.36. The van der Waals surface area contributed by atoms with Crippen LogP contribution in [0.4, 0.5) is 0 Å². The van der Waals surface area contributed by atoms with Crippen LogP contribution in [-0.2, 0) is 13.1 Å². The Hall–Kier alpha value is -1.26. The summed E-state index contributed by atoms with van der Waals surface area (Å²) < 4.78 is 2.13. The second-order valence-corrected chi connectivity index (χ2v) is 6.84. The first-order chi connectivity index (χ1) is 10.2. The van der Waals surface area contributed by atoms with E-state index in [9.17, 15) is 0 Å². The van der Waals surface area contributed by atoms with Crippen molar-refractivity contribution in [3.63, 3.8) is 0 Å². The van der Waals surface area contributed by atoms with Gasteiger partial charge in [0.15, 0.2) is 0 Å². The summed E-state index contributed by atoms with van der Waals surface area (Å²) in [5, 5.41) is 3.49. The summed E-state index contributed by atoms with van der Waals surface area (Å²) >= 11 is 1.93. The molecule has 1 aromatic carbocycles. The van der Waals surface area contributed by atoms with Crippen molar-refractivity contribution >= 4 is 11.8 Å². The Morgan fingerprint density at radius 3 is 3.00 bits per heavy atom. The first-order valence-electron chi connectivity index (χ1n) is 7.62. The summed E-state index contributed by atoms with van der Waals surface area (Å²) in [5.74, 6) is 1.84. The van der Waals surface area contributed by atoms with E-state index >= 15 is 0 Å². The highest BCUT2D eigenvalue weighted by Gasteiger charge is 1.99. The van der Waals surface area contributed by atoms with E-state index in [-0.39, 0.29) is 0 Å². The topological polar surface area (TPSA) is 29.9 Å². The van der Waals surface area contributed by atoms with Crippen LogP contribution in [0, 0.1) is 5.92 Å². The number of thioether (sulfide) groups is 1. The van der Waals surface area contributed by atoms with Gasteiger partial charge in [0.1, 0.15) is 0 Å². The molecular weight excluding hydrogens is 278 g/mol. The molecule has 0 atom stereocenters. The predicted octanol–water partition coefficient (Wildman–Crippen LogP) is 3.81. The number of nitrogens with one attached hydrogen (secondary N) is 1. The van der Waals surface area contributed by atoms with E-state index in [4.69, 9.17) is 0 Å². The summed E-state index contributed by atoms with van der Waals surface area (Å²) in [6, 6.07) is 8.86. The fourth-order valence-electron chi connectivity index (χ4n) is 2.11. The van der Waals surface area contributed by atoms with Crippen molar-refractivity contribution in [2.75, 3.05) is 12.3 Å². The fourth-order valence-corrected chi connectivity index (χ4v) is 3.03. The molecule has 1 heterocycles. The van der Waals surface area contributed by atoms with Gasteiger partial charge in [-0.3, -0.25) is 0 Å². The second kappa shape index (κ2) is 8.90. The fraction of sp³-hybridized carbons (Fsp3) is 0.471. The molecule has 114 valence electrons. The molecule has 0 saturated carbocycles. The van der Waals surface area contributed by atoms with Crippen LogP contribution < -0.4 is 5.32 Å². The monoisotopic (exact) mass is 303 g/mol. The number of aromatic nitrogens is 2. The van der Waals surface area contributed by atoms with Gasteiger partial charge in [0.2, 0.25) is 0 Å². The highest BCUT2D eigenvalue weighted by molar-refractivity contribution is 7.99. The standard InChI is InChI=1S/C17H25N3S/c1-15(2)12-19-13-16-5-3-6-17(11-16)21-10-4-8-20-9-7-18-14-20/h3,5-7,9,11,14-15,19H,4,8,10,12-13H2,1-2H3. The van der Waals surface area contributed by atoms with Crippen molar-refractivity contribution in [1.29, 1.82) is 0 Å². The van der Waals surface area contributed by atoms with Gasteiger partial charge in [0.25, 0.3) is 0 Å². The van der Waals surface area contributed by atoms with Gasteiger partial charge in [-0.15, -0.1) is 11.8 Å². The highest BCUT2D eigenvalue weighted by Crippen LogP contribution is 2.20. The number of benzene rings is 1. The number of rotatable bonds is 9. The smallest absolute Gasteiger partial charge is 0.0945 e. The van der Waals surface area contributed by atoms with Crippen LogP contribution in [0.25, 0.3) is 0 Å². The van der Waals surface area contributed by atoms with Crippen LogP contribution in [0.2, 0.25) is 0 Å². The van der Waals surface area contributed by atoms with E-state index in [1.807, 2.05) is 30.5 Å². The molecule has 0 radical (unpaired) electrons. The average molecular weight is 303 g/mol. The summed E-state index contributed by atoms with van der Waals surface area (Å²) in [4.78, 5) is 5.43. The third-order valence-corrected chi connectivity index (χ3v) is 4.25. The van der Waals surface area contributed by atoms with Crippen molar-refractivity contribution in [3.8, 4) is 0 Å². The molecule has 4 heteroatoms. The van der Waals surface area contributed by atoms with Gasteiger partial charge >= 0.3 is 0 Å². The molecule has 1 aromatic heterocycles. The van der Waals surface area contributed by atoms with Gasteiger partial charge < -0.3 is 9.88 Å². The lowest BCUT2D eigenvalue weighted by Gasteiger charge is -2.09. The second-order valence-electron chi connectivity index (χ2n) is 5.67. The van der Waals surface area contributed by atoms with Crippen LogP contribution in [0.1, 0.15) is 25.8 Å². The molecule has 0 aliphatic carbocycles. The van der Waals surface area contributed by atoms with E-state index in [1.165, 1.54) is 10.5 Å². The molecule has 0 bridgehead atoms. The van der Waals surface area contributed by atoms with Crippen molar-refractivity contribution in [3.05, 3.63) is 48.5 Å². The highest BCUT2D eigenvalue weighted by atomic mass is 32.2. The molecule has 2 aromatic rings. The van der Waals surface area contributed by atoms with Crippen molar-refractivity contribution in [2.45, 2.75) is 38.3 Å². The molecule has 21 heavy (non-hydrogen) atoms. The lowest BCUT2D eigenvalue weighted by atomic mass is 10.2. The maximum absolute atomic E-state index is 4.06. The van der Waals surface area contributed by atoms with E-state index in [1.54, 1.807) is 0 Å². The maximum atomic E-state index is 4.06. The van der Waals surface area contributed by atoms with E-state index in [0.717, 1.165) is 31.8 Å². The van der Waals surface area contributed by atoms with E-state index in [0.29, 0.717) is 5.92 Å². The van der Waals surface area contributed by atoms with Gasteiger partial charge in [-0.1, -0.05) is 26.0 Å². The summed E-state index contributed by atoms with van der Waals surface area (Å²) in [6.07, 6.45) is 6.90. The number of hydrogen-bond donors (Lipinski definition) is 1. The number of imidazole rings is 1. The van der Waals surface area contributed by atoms with E-state index < -0.39 is 0 Å². The summed E-state index contributed by atoms with van der Waals surface area (Å²) in [6.45, 7) is 7.55. The Kier molecular flexibility index (Phi) is 6.83. The van der Waals surface area contributed by atoms with Crippen molar-refractivity contribution in [1.82, 2.24) is 14.9 Å². The molecule has 0 aliphatic heterocycles. The third-order valence-electron chi connectivity index (χ3n) is 3.17. The first kappa shape index (κ1) is 16.1. The molecule has 1 N–H and O–H groups in total. The molecule has 3 nitrogen and oxygen atoms in total. The molecule has 0 saturated heterocycles. The Balaban J connectivity index is 1.70. The Labute approximate surface area is 132 Å². The zero-order chi connectivity index (χ0) is 14.9. The molecule has 0 aliphatic rings. The number of hydrogen-bond acceptors (Lipinski definition) is 3. The molecule has 0 unspecified atom stereocenters. The average Bonchev–Trinajstić information content (AvgIpc) is 2.97. The normalized spacial score (nSPS) is 11.2. The number of nitrogens with zero attached hydrogens (tertiary/aromatic N) is 2. The molecule has 0 spiro atoms. The minimum atomic E-state index is 0.700. The van der Waals surface area contributed by atoms with Gasteiger partial charge in [0.05, 0.1) is 6.33 Å². The SMILES string of the molecule is CC(C)CNCc1cccc(SCCCn2ccnc2)c1. The largest absolute Gasteiger partial charge is 0.337 e. The van der Waals surface area contributed by atoms with Gasteiger partial charge in [-0.05, 0) is 42.3 Å². The molecule has 2 rings (SSSR count). The summed E-state index contributed by atoms with van der Waals surface area (Å²) in [7, 11) is 0. The number of aryl methyl sites for hydroxylation is 1. The van der Waals surface area contributed by atoms with E-state index in [2.05, 4.69) is 53.0 Å². The molecule has 0 amide bonds. The Morgan fingerprint density at radius 1 is 1.33 bits per heavy atom. The van der Waals surface area contributed by atoms with Crippen LogP contribution in [0.15, 0.2) is 47.9 Å². The maximum Gasteiger partial charge on any atom is 0.0945 e. The first-order valence-corrected chi connectivity index (χ1v) is 8.61. The van der Waals surface area contributed by atoms with Crippen molar-refractivity contribution < 1.29 is 0 Å². The minimum Gasteiger partial charge on any atom is -0.337 e. The van der Waals surface area contributed by atoms with Gasteiger partial charge in [-0.25, -0.2) is 4.98 Å². The van der Waals surface area contributed by atoms with Gasteiger partial charge in [-0.2, -0.15) is 0 Å². The Bertz CT molecular complexity index is 509. The zero-order valence-corrected chi connectivity index (χ0v) is 13.8. The van der Waals surface area contributed by atoms with Crippen LogP contribution in [0.5, 0.6) is 0 Å². The van der Waals surface area contributed by atoms with Gasteiger partial charge in [0, 0.05) is 30.4 Å². The quantitative estimate of drug-likeness (QED) is 0.564. The lowest BCUT2D eigenvalue weighted by molar-refractivity contribution is 0.552. The lowest BCUT2D eigenvalue weighted by Crippen LogP contribution is -2.18. The van der Waals surface area contributed by atoms with Crippen LogP contribution in [-0.4, -0.2) is 21.8 Å². The zero-order valence-electron chi connectivity index (χ0n) is 13.0. The molecular formula is C17H25N3S. The van der Waals surface area contributed by atoms with Crippen molar-refractivity contribution in [2.24, 2.45) is 5.92 Å². The predicted molar refractivity (Wildman–Crippen MR) is 90.6 cm³/mol. The summed E-state index contributed by atoms with van der Waals surface area (Å²) in [5.41, 5.74) is 1.37. The minimum absolute atomic E-state index is 0.700. The Morgan fingerprint density at radius 2 is 2.24 bits per heavy atom.